The summed E-state index contributed by atoms with van der Waals surface area (Å²) in [5.74, 6) is -2.01. The highest BCUT2D eigenvalue weighted by atomic mass is 16.6. The number of benzene rings is 1. The quantitative estimate of drug-likeness (QED) is 0.286. The summed E-state index contributed by atoms with van der Waals surface area (Å²) in [5.41, 5.74) is 0.670. The Morgan fingerprint density at radius 3 is 2.27 bits per heavy atom. The molecule has 1 unspecified atom stereocenters. The van der Waals surface area contributed by atoms with Crippen molar-refractivity contribution in [2.45, 2.75) is 90.2 Å². The van der Waals surface area contributed by atoms with Gasteiger partial charge in [0, 0.05) is 25.2 Å². The molecule has 37 heavy (non-hydrogen) atoms. The maximum Gasteiger partial charge on any atom is 0.407 e. The highest BCUT2D eigenvalue weighted by molar-refractivity contribution is 6.25. The fraction of sp³-hybridized carbons (Fsp3) is 0.593. The van der Waals surface area contributed by atoms with E-state index in [4.69, 9.17) is 4.74 Å². The van der Waals surface area contributed by atoms with Gasteiger partial charge in [0.15, 0.2) is 0 Å². The lowest BCUT2D eigenvalue weighted by Crippen LogP contribution is -2.54. The van der Waals surface area contributed by atoms with Crippen molar-refractivity contribution in [3.05, 3.63) is 29.3 Å². The molecule has 3 rings (SSSR count). The van der Waals surface area contributed by atoms with Gasteiger partial charge in [0.25, 0.3) is 11.8 Å². The van der Waals surface area contributed by atoms with Crippen LogP contribution in [0.5, 0.6) is 0 Å². The fourth-order valence-corrected chi connectivity index (χ4v) is 4.52. The molecule has 10 nitrogen and oxygen atoms in total. The van der Waals surface area contributed by atoms with Gasteiger partial charge in [0.2, 0.25) is 11.8 Å². The van der Waals surface area contributed by atoms with Crippen molar-refractivity contribution in [2.24, 2.45) is 0 Å². The predicted octanol–water partition coefficient (Wildman–Crippen LogP) is 3.76. The first-order valence-electron chi connectivity index (χ1n) is 13.1. The normalized spacial score (nSPS) is 17.5. The van der Waals surface area contributed by atoms with Crippen molar-refractivity contribution in [3.63, 3.8) is 0 Å². The standard InChI is InChI=1S/C27H38N4O6/c1-27(2,3)37-26(36)29-17-10-8-6-4-5-7-9-16-28-19-13-11-12-18-22(19)25(35)31(24(18)34)20-14-15-21(32)30-23(20)33/h11-13,20,28H,4-10,14-17H2,1-3H3,(H,29,36)(H,30,32,33). The molecule has 10 heteroatoms. The highest BCUT2D eigenvalue weighted by Gasteiger charge is 2.45. The third-order valence-electron chi connectivity index (χ3n) is 6.31. The van der Waals surface area contributed by atoms with E-state index in [9.17, 15) is 24.0 Å². The molecule has 2 aliphatic heterocycles. The molecule has 3 N–H and O–H groups in total. The van der Waals surface area contributed by atoms with E-state index >= 15 is 0 Å². The average Bonchev–Trinajstić information content (AvgIpc) is 3.07. The van der Waals surface area contributed by atoms with Crippen molar-refractivity contribution in [2.75, 3.05) is 18.4 Å². The third kappa shape index (κ3) is 7.77. The van der Waals surface area contributed by atoms with Crippen LogP contribution < -0.4 is 16.0 Å². The summed E-state index contributed by atoms with van der Waals surface area (Å²) >= 11 is 0. The zero-order chi connectivity index (χ0) is 27.0. The van der Waals surface area contributed by atoms with Gasteiger partial charge in [-0.25, -0.2) is 4.79 Å². The van der Waals surface area contributed by atoms with Crippen molar-refractivity contribution in [1.82, 2.24) is 15.5 Å². The zero-order valence-corrected chi connectivity index (χ0v) is 22.0. The molecular weight excluding hydrogens is 476 g/mol. The second-order valence-corrected chi connectivity index (χ2v) is 10.5. The molecule has 202 valence electrons. The Morgan fingerprint density at radius 1 is 0.973 bits per heavy atom. The molecule has 0 saturated carbocycles. The van der Waals surface area contributed by atoms with E-state index in [1.807, 2.05) is 20.8 Å². The van der Waals surface area contributed by atoms with Crippen LogP contribution in [0.3, 0.4) is 0 Å². The number of nitrogens with zero attached hydrogens (tertiary/aromatic N) is 1. The highest BCUT2D eigenvalue weighted by Crippen LogP contribution is 2.32. The molecule has 2 aliphatic rings. The number of fused-ring (bicyclic) bond motifs is 1. The first-order valence-corrected chi connectivity index (χ1v) is 13.1. The van der Waals surface area contributed by atoms with E-state index in [0.717, 1.165) is 49.8 Å². The third-order valence-corrected chi connectivity index (χ3v) is 6.31. The Hall–Kier alpha value is -3.43. The van der Waals surface area contributed by atoms with Gasteiger partial charge >= 0.3 is 6.09 Å². The van der Waals surface area contributed by atoms with Crippen molar-refractivity contribution >= 4 is 35.4 Å². The minimum atomic E-state index is -0.967. The van der Waals surface area contributed by atoms with E-state index in [1.165, 1.54) is 0 Å². The van der Waals surface area contributed by atoms with Crippen molar-refractivity contribution < 1.29 is 28.7 Å². The van der Waals surface area contributed by atoms with E-state index < -0.39 is 35.3 Å². The summed E-state index contributed by atoms with van der Waals surface area (Å²) in [7, 11) is 0. The van der Waals surface area contributed by atoms with Gasteiger partial charge in [-0.1, -0.05) is 38.2 Å². The lowest BCUT2D eigenvalue weighted by Gasteiger charge is -2.27. The number of hydrogen-bond acceptors (Lipinski definition) is 7. The molecule has 1 aromatic rings. The molecule has 0 bridgehead atoms. The van der Waals surface area contributed by atoms with Crippen LogP contribution in [0.15, 0.2) is 18.2 Å². The Labute approximate surface area is 217 Å². The van der Waals surface area contributed by atoms with Gasteiger partial charge < -0.3 is 15.4 Å². The summed E-state index contributed by atoms with van der Waals surface area (Å²) in [6.45, 7) is 6.80. The molecule has 0 spiro atoms. The number of unbranched alkanes of at least 4 members (excludes halogenated alkanes) is 6. The van der Waals surface area contributed by atoms with Crippen LogP contribution >= 0.6 is 0 Å². The Kier molecular flexibility index (Phi) is 9.66. The number of ether oxygens (including phenoxy) is 1. The number of nitrogens with one attached hydrogen (secondary N) is 3. The molecule has 0 aromatic heterocycles. The van der Waals surface area contributed by atoms with Crippen LogP contribution in [-0.4, -0.2) is 59.4 Å². The maximum absolute atomic E-state index is 13.1. The molecule has 1 aromatic carbocycles. The van der Waals surface area contributed by atoms with Crippen LogP contribution in [-0.2, 0) is 14.3 Å². The fourth-order valence-electron chi connectivity index (χ4n) is 4.52. The number of amides is 5. The summed E-state index contributed by atoms with van der Waals surface area (Å²) in [5, 5.41) is 8.26. The summed E-state index contributed by atoms with van der Waals surface area (Å²) in [4.78, 5) is 62.3. The summed E-state index contributed by atoms with van der Waals surface area (Å²) in [6.07, 6.45) is 7.08. The van der Waals surface area contributed by atoms with Crippen LogP contribution in [0.1, 0.15) is 99.3 Å². The molecule has 0 radical (unpaired) electrons. The number of carbonyl (C=O) groups is 5. The number of hydrogen-bond donors (Lipinski definition) is 3. The van der Waals surface area contributed by atoms with Gasteiger partial charge in [-0.05, 0) is 52.2 Å². The maximum atomic E-state index is 13.1. The lowest BCUT2D eigenvalue weighted by atomic mass is 10.0. The second-order valence-electron chi connectivity index (χ2n) is 10.5. The SMILES string of the molecule is CC(C)(C)OC(=O)NCCCCCCCCCNc1cccc2c1C(=O)N(C1CCC(=O)NC1=O)C2=O. The van der Waals surface area contributed by atoms with Crippen molar-refractivity contribution in [1.29, 1.82) is 0 Å². The van der Waals surface area contributed by atoms with Crippen LogP contribution in [0.2, 0.25) is 0 Å². The summed E-state index contributed by atoms with van der Waals surface area (Å²) < 4.78 is 5.21. The monoisotopic (exact) mass is 514 g/mol. The smallest absolute Gasteiger partial charge is 0.407 e. The Balaban J connectivity index is 1.34. The Morgan fingerprint density at radius 2 is 1.62 bits per heavy atom. The van der Waals surface area contributed by atoms with Gasteiger partial charge in [0.05, 0.1) is 11.1 Å². The molecule has 0 aliphatic carbocycles. The van der Waals surface area contributed by atoms with E-state index in [0.29, 0.717) is 18.8 Å². The van der Waals surface area contributed by atoms with E-state index in [2.05, 4.69) is 16.0 Å². The predicted molar refractivity (Wildman–Crippen MR) is 138 cm³/mol. The molecule has 5 amide bonds. The molecule has 1 atom stereocenters. The number of carbonyl (C=O) groups excluding carboxylic acids is 5. The molecule has 2 heterocycles. The van der Waals surface area contributed by atoms with E-state index in [1.54, 1.807) is 18.2 Å². The van der Waals surface area contributed by atoms with Crippen LogP contribution in [0.25, 0.3) is 0 Å². The van der Waals surface area contributed by atoms with Gasteiger partial charge in [-0.3, -0.25) is 29.4 Å². The number of imide groups is 2. The number of rotatable bonds is 12. The van der Waals surface area contributed by atoms with Gasteiger partial charge in [-0.15, -0.1) is 0 Å². The number of alkyl carbamates (subject to hydrolysis) is 1. The molecular formula is C27H38N4O6. The first kappa shape index (κ1) is 28.1. The summed E-state index contributed by atoms with van der Waals surface area (Å²) in [6, 6.07) is 4.11. The number of piperidine rings is 1. The largest absolute Gasteiger partial charge is 0.444 e. The topological polar surface area (TPSA) is 134 Å². The zero-order valence-electron chi connectivity index (χ0n) is 22.0. The number of anilines is 1. The van der Waals surface area contributed by atoms with Crippen molar-refractivity contribution in [3.8, 4) is 0 Å². The molecule has 1 fully saturated rings. The second kappa shape index (κ2) is 12.7. The van der Waals surface area contributed by atoms with Gasteiger partial charge in [-0.2, -0.15) is 0 Å². The average molecular weight is 515 g/mol. The lowest BCUT2D eigenvalue weighted by molar-refractivity contribution is -0.136. The van der Waals surface area contributed by atoms with Gasteiger partial charge in [0.1, 0.15) is 11.6 Å². The Bertz CT molecular complexity index is 1030. The minimum Gasteiger partial charge on any atom is -0.444 e. The first-order chi connectivity index (χ1) is 17.6. The van der Waals surface area contributed by atoms with Crippen LogP contribution in [0.4, 0.5) is 10.5 Å². The molecule has 1 saturated heterocycles. The van der Waals surface area contributed by atoms with Crippen LogP contribution in [0, 0.1) is 0 Å². The minimum absolute atomic E-state index is 0.0951. The van der Waals surface area contributed by atoms with E-state index in [-0.39, 0.29) is 30.1 Å².